The van der Waals surface area contributed by atoms with Crippen molar-refractivity contribution in [3.05, 3.63) is 58.1 Å². The van der Waals surface area contributed by atoms with Gasteiger partial charge in [0.05, 0.1) is 4.92 Å². The second-order valence-electron chi connectivity index (χ2n) is 4.46. The van der Waals surface area contributed by atoms with Gasteiger partial charge >= 0.3 is 11.8 Å². The summed E-state index contributed by atoms with van der Waals surface area (Å²) >= 11 is 0. The van der Waals surface area contributed by atoms with Crippen LogP contribution in [0.5, 0.6) is 11.8 Å². The van der Waals surface area contributed by atoms with Crippen LogP contribution in [-0.2, 0) is 6.42 Å². The van der Waals surface area contributed by atoms with E-state index in [4.69, 9.17) is 9.15 Å². The standard InChI is InChI=1S/C15H12N2O4/c1-2-10-7-8-14(12(9-10)17(18)19)21-15-16-11-5-3-4-6-13(11)20-15/h3-9H,2H2,1H3. The lowest BCUT2D eigenvalue weighted by Crippen LogP contribution is -1.95. The van der Waals surface area contributed by atoms with Gasteiger partial charge < -0.3 is 9.15 Å². The van der Waals surface area contributed by atoms with Crippen LogP contribution in [0.3, 0.4) is 0 Å². The lowest BCUT2D eigenvalue weighted by molar-refractivity contribution is -0.385. The minimum absolute atomic E-state index is 0.0106. The molecule has 1 heterocycles. The van der Waals surface area contributed by atoms with Gasteiger partial charge in [0.1, 0.15) is 5.52 Å². The smallest absolute Gasteiger partial charge is 0.400 e. The summed E-state index contributed by atoms with van der Waals surface area (Å²) in [6.07, 6.45) is 0.702. The third-order valence-electron chi connectivity index (χ3n) is 3.10. The van der Waals surface area contributed by atoms with Gasteiger partial charge in [-0.25, -0.2) is 0 Å². The van der Waals surface area contributed by atoms with E-state index in [1.165, 1.54) is 6.07 Å². The third kappa shape index (κ3) is 2.55. The summed E-state index contributed by atoms with van der Waals surface area (Å²) in [6.45, 7) is 1.93. The number of ether oxygens (including phenoxy) is 1. The number of rotatable bonds is 4. The van der Waals surface area contributed by atoms with Crippen LogP contribution < -0.4 is 4.74 Å². The molecule has 6 nitrogen and oxygen atoms in total. The van der Waals surface area contributed by atoms with Crippen LogP contribution >= 0.6 is 0 Å². The molecule has 0 radical (unpaired) electrons. The number of nitrogens with zero attached hydrogens (tertiary/aromatic N) is 2. The van der Waals surface area contributed by atoms with Gasteiger partial charge in [-0.2, -0.15) is 4.98 Å². The first-order valence-electron chi connectivity index (χ1n) is 6.48. The number of hydrogen-bond donors (Lipinski definition) is 0. The van der Waals surface area contributed by atoms with Crippen molar-refractivity contribution in [3.63, 3.8) is 0 Å². The molecule has 0 bridgehead atoms. The van der Waals surface area contributed by atoms with Crippen molar-refractivity contribution >= 4 is 16.8 Å². The normalized spacial score (nSPS) is 10.7. The van der Waals surface area contributed by atoms with E-state index in [0.717, 1.165) is 5.56 Å². The van der Waals surface area contributed by atoms with Gasteiger partial charge in [-0.15, -0.1) is 0 Å². The molecule has 0 unspecified atom stereocenters. The minimum Gasteiger partial charge on any atom is -0.409 e. The second kappa shape index (κ2) is 5.24. The van der Waals surface area contributed by atoms with Crippen LogP contribution in [-0.4, -0.2) is 9.91 Å². The first kappa shape index (κ1) is 13.1. The number of nitro groups is 1. The summed E-state index contributed by atoms with van der Waals surface area (Å²) in [7, 11) is 0. The highest BCUT2D eigenvalue weighted by Gasteiger charge is 2.18. The minimum atomic E-state index is -0.475. The largest absolute Gasteiger partial charge is 0.409 e. The number of hydrogen-bond acceptors (Lipinski definition) is 5. The van der Waals surface area contributed by atoms with Crippen molar-refractivity contribution in [2.75, 3.05) is 0 Å². The Morgan fingerprint density at radius 2 is 2.10 bits per heavy atom. The average molecular weight is 284 g/mol. The van der Waals surface area contributed by atoms with Gasteiger partial charge in [0.15, 0.2) is 5.58 Å². The van der Waals surface area contributed by atoms with Crippen molar-refractivity contribution in [1.82, 2.24) is 4.98 Å². The molecule has 0 aliphatic rings. The molecule has 0 fully saturated rings. The Morgan fingerprint density at radius 1 is 1.29 bits per heavy atom. The Kier molecular flexibility index (Phi) is 3.27. The van der Waals surface area contributed by atoms with Gasteiger partial charge in [-0.1, -0.05) is 25.1 Å². The molecular formula is C15H12N2O4. The fourth-order valence-corrected chi connectivity index (χ4v) is 2.00. The van der Waals surface area contributed by atoms with Gasteiger partial charge in [-0.3, -0.25) is 10.1 Å². The third-order valence-corrected chi connectivity index (χ3v) is 3.10. The number of nitro benzene ring substituents is 1. The summed E-state index contributed by atoms with van der Waals surface area (Å²) in [5.41, 5.74) is 1.98. The summed E-state index contributed by atoms with van der Waals surface area (Å²) in [5, 5.41) is 11.1. The van der Waals surface area contributed by atoms with E-state index < -0.39 is 4.92 Å². The molecule has 0 aliphatic heterocycles. The molecule has 0 saturated carbocycles. The molecule has 3 aromatic rings. The number of benzene rings is 2. The van der Waals surface area contributed by atoms with Crippen molar-refractivity contribution in [1.29, 1.82) is 0 Å². The maximum atomic E-state index is 11.1. The van der Waals surface area contributed by atoms with Crippen LogP contribution in [0.15, 0.2) is 46.9 Å². The predicted molar refractivity (Wildman–Crippen MR) is 76.6 cm³/mol. The van der Waals surface area contributed by atoms with Gasteiger partial charge in [0.25, 0.3) is 0 Å². The van der Waals surface area contributed by atoms with E-state index >= 15 is 0 Å². The maximum absolute atomic E-state index is 11.1. The summed E-state index contributed by atoms with van der Waals surface area (Å²) in [5.74, 6) is 0.115. The van der Waals surface area contributed by atoms with Crippen molar-refractivity contribution in [2.45, 2.75) is 13.3 Å². The van der Waals surface area contributed by atoms with Crippen molar-refractivity contribution < 1.29 is 14.1 Å². The fourth-order valence-electron chi connectivity index (χ4n) is 2.00. The summed E-state index contributed by atoms with van der Waals surface area (Å²) in [6, 6.07) is 12.0. The van der Waals surface area contributed by atoms with E-state index in [2.05, 4.69) is 4.98 Å². The van der Waals surface area contributed by atoms with Crippen molar-refractivity contribution in [2.24, 2.45) is 0 Å². The maximum Gasteiger partial charge on any atom is 0.400 e. The first-order chi connectivity index (χ1) is 10.2. The average Bonchev–Trinajstić information content (AvgIpc) is 2.89. The Morgan fingerprint density at radius 3 is 2.81 bits per heavy atom. The Hall–Kier alpha value is -2.89. The van der Waals surface area contributed by atoms with Crippen LogP contribution in [0.2, 0.25) is 0 Å². The summed E-state index contributed by atoms with van der Waals surface area (Å²) < 4.78 is 10.8. The number of oxazole rings is 1. The fraction of sp³-hybridized carbons (Fsp3) is 0.133. The zero-order valence-electron chi connectivity index (χ0n) is 11.3. The van der Waals surface area contributed by atoms with E-state index in [-0.39, 0.29) is 17.5 Å². The molecule has 2 aromatic carbocycles. The Labute approximate surface area is 120 Å². The monoisotopic (exact) mass is 284 g/mol. The highest BCUT2D eigenvalue weighted by Crippen LogP contribution is 2.33. The Balaban J connectivity index is 1.98. The number of aryl methyl sites for hydroxylation is 1. The molecule has 0 spiro atoms. The van der Waals surface area contributed by atoms with Gasteiger partial charge in [-0.05, 0) is 30.2 Å². The molecule has 0 N–H and O–H groups in total. The molecule has 3 rings (SSSR count). The number of para-hydroxylation sites is 2. The Bertz CT molecular complexity index is 777. The second-order valence-corrected chi connectivity index (χ2v) is 4.46. The highest BCUT2D eigenvalue weighted by atomic mass is 16.6. The quantitative estimate of drug-likeness (QED) is 0.532. The van der Waals surface area contributed by atoms with E-state index in [1.54, 1.807) is 24.3 Å². The van der Waals surface area contributed by atoms with E-state index in [0.29, 0.717) is 17.5 Å². The topological polar surface area (TPSA) is 78.4 Å². The molecule has 106 valence electrons. The van der Waals surface area contributed by atoms with Gasteiger partial charge in [0, 0.05) is 6.07 Å². The molecular weight excluding hydrogens is 272 g/mol. The van der Waals surface area contributed by atoms with E-state index in [1.807, 2.05) is 19.1 Å². The summed E-state index contributed by atoms with van der Waals surface area (Å²) in [4.78, 5) is 14.8. The predicted octanol–water partition coefficient (Wildman–Crippen LogP) is 4.09. The van der Waals surface area contributed by atoms with Crippen LogP contribution in [0, 0.1) is 10.1 Å². The lowest BCUT2D eigenvalue weighted by atomic mass is 10.1. The molecule has 0 saturated heterocycles. The van der Waals surface area contributed by atoms with Crippen LogP contribution in [0.25, 0.3) is 11.1 Å². The zero-order valence-corrected chi connectivity index (χ0v) is 11.3. The molecule has 0 atom stereocenters. The number of aromatic nitrogens is 1. The van der Waals surface area contributed by atoms with Crippen LogP contribution in [0.4, 0.5) is 5.69 Å². The van der Waals surface area contributed by atoms with Gasteiger partial charge in [0.2, 0.25) is 5.75 Å². The zero-order chi connectivity index (χ0) is 14.8. The lowest BCUT2D eigenvalue weighted by Gasteiger charge is -2.03. The van der Waals surface area contributed by atoms with Crippen molar-refractivity contribution in [3.8, 4) is 11.8 Å². The number of fused-ring (bicyclic) bond motifs is 1. The molecule has 1 aromatic heterocycles. The van der Waals surface area contributed by atoms with E-state index in [9.17, 15) is 10.1 Å². The highest BCUT2D eigenvalue weighted by molar-refractivity contribution is 5.72. The SMILES string of the molecule is CCc1ccc(Oc2nc3ccccc3o2)c([N+](=O)[O-])c1. The first-order valence-corrected chi connectivity index (χ1v) is 6.48. The molecule has 0 amide bonds. The molecule has 21 heavy (non-hydrogen) atoms. The molecule has 0 aliphatic carbocycles. The van der Waals surface area contributed by atoms with Crippen LogP contribution in [0.1, 0.15) is 12.5 Å². The molecule has 6 heteroatoms.